The minimum absolute atomic E-state index is 0.269. The van der Waals surface area contributed by atoms with Gasteiger partial charge < -0.3 is 14.5 Å². The van der Waals surface area contributed by atoms with Gasteiger partial charge in [-0.1, -0.05) is 29.8 Å². The summed E-state index contributed by atoms with van der Waals surface area (Å²) in [4.78, 5) is 19.3. The van der Waals surface area contributed by atoms with E-state index in [1.54, 1.807) is 6.92 Å². The molecule has 0 aromatic heterocycles. The van der Waals surface area contributed by atoms with E-state index in [0.29, 0.717) is 12.3 Å². The van der Waals surface area contributed by atoms with Crippen LogP contribution in [0, 0.1) is 0 Å². The van der Waals surface area contributed by atoms with Gasteiger partial charge in [-0.05, 0) is 67.9 Å². The van der Waals surface area contributed by atoms with Crippen molar-refractivity contribution in [2.24, 2.45) is 4.99 Å². The largest absolute Gasteiger partial charge is 0.373 e. The number of piperidine rings is 1. The summed E-state index contributed by atoms with van der Waals surface area (Å²) in [6.07, 6.45) is 4.42. The first-order valence-corrected chi connectivity index (χ1v) is 11.7. The Bertz CT molecular complexity index is 1000. The number of hydrogen-bond acceptors (Lipinski definition) is 4. The lowest BCUT2D eigenvalue weighted by Crippen LogP contribution is -2.37. The molecule has 0 N–H and O–H groups in total. The second-order valence-corrected chi connectivity index (χ2v) is 9.11. The highest BCUT2D eigenvalue weighted by Gasteiger charge is 2.22. The number of amidine groups is 1. The molecule has 0 spiro atoms. The molecule has 3 rings (SSSR count). The van der Waals surface area contributed by atoms with Crippen molar-refractivity contribution in [1.82, 2.24) is 0 Å². The van der Waals surface area contributed by atoms with Crippen LogP contribution in [0.2, 0.25) is 5.02 Å². The number of ether oxygens (including phenoxy) is 1. The highest BCUT2D eigenvalue weighted by atomic mass is 35.5. The van der Waals surface area contributed by atoms with Crippen LogP contribution in [0.15, 0.2) is 59.2 Å². The number of allylic oxidation sites excluding steroid dienone is 2. The molecule has 7 heteroatoms. The van der Waals surface area contributed by atoms with Crippen molar-refractivity contribution in [3.63, 3.8) is 0 Å². The summed E-state index contributed by atoms with van der Waals surface area (Å²) in [5, 5.41) is 1.90. The number of nitrogens with zero attached hydrogens (tertiary/aromatic N) is 3. The summed E-state index contributed by atoms with van der Waals surface area (Å²) >= 11 is 6.66. The van der Waals surface area contributed by atoms with Crippen LogP contribution in [-0.2, 0) is 16.1 Å². The Labute approximate surface area is 198 Å². The minimum Gasteiger partial charge on any atom is -0.373 e. The lowest BCUT2D eigenvalue weighted by Gasteiger charge is -2.34. The molecule has 1 unspecified atom stereocenters. The van der Waals surface area contributed by atoms with Crippen LogP contribution in [-0.4, -0.2) is 38.4 Å². The van der Waals surface area contributed by atoms with Crippen molar-refractivity contribution in [2.45, 2.75) is 39.4 Å². The van der Waals surface area contributed by atoms with Crippen molar-refractivity contribution < 1.29 is 9.53 Å². The van der Waals surface area contributed by atoms with Gasteiger partial charge in [-0.3, -0.25) is 4.79 Å². The topological polar surface area (TPSA) is 45.1 Å². The molecule has 0 radical (unpaired) electrons. The molecule has 1 heterocycles. The van der Waals surface area contributed by atoms with E-state index in [1.807, 2.05) is 24.9 Å². The van der Waals surface area contributed by atoms with Crippen LogP contribution in [0.1, 0.15) is 32.3 Å². The van der Waals surface area contributed by atoms with Gasteiger partial charge in [0.05, 0.1) is 23.4 Å². The van der Waals surface area contributed by atoms with Crippen LogP contribution >= 0.6 is 20.8 Å². The molecule has 2 aromatic rings. The SMILES string of the molecule is CC(=N/C(C)=C\C=O)N(C)c1ccc(N2CCC(OCc3cccc(P)c3)CC2)c(Cl)c1. The number of rotatable bonds is 7. The predicted octanol–water partition coefficient (Wildman–Crippen LogP) is 4.98. The van der Waals surface area contributed by atoms with Crippen LogP contribution < -0.4 is 15.1 Å². The van der Waals surface area contributed by atoms with Crippen molar-refractivity contribution >= 4 is 49.6 Å². The number of halogens is 1. The number of anilines is 2. The van der Waals surface area contributed by atoms with Crippen LogP contribution in [0.3, 0.4) is 0 Å². The van der Waals surface area contributed by atoms with E-state index in [1.165, 1.54) is 16.9 Å². The summed E-state index contributed by atoms with van der Waals surface area (Å²) < 4.78 is 6.15. The van der Waals surface area contributed by atoms with E-state index in [4.69, 9.17) is 16.3 Å². The molecule has 1 aliphatic rings. The summed E-state index contributed by atoms with van der Waals surface area (Å²) in [7, 11) is 4.67. The maximum absolute atomic E-state index is 10.6. The van der Waals surface area contributed by atoms with E-state index in [0.717, 1.165) is 54.5 Å². The first kappa shape index (κ1) is 24.4. The average Bonchev–Trinajstić information content (AvgIpc) is 2.77. The fourth-order valence-corrected chi connectivity index (χ4v) is 4.39. The summed E-state index contributed by atoms with van der Waals surface area (Å²) in [6.45, 7) is 6.19. The molecule has 5 nitrogen and oxygen atoms in total. The Morgan fingerprint density at radius 3 is 2.66 bits per heavy atom. The standard InChI is InChI=1S/C25H31ClN3O2P/c1-18(11-14-30)27-19(2)28(3)21-7-8-25(24(26)16-21)29-12-9-22(10-13-29)31-17-20-5-4-6-23(32)15-20/h4-8,11,14-16,22H,9-10,12-13,17,32H2,1-3H3/b18-11-,27-19?. The highest BCUT2D eigenvalue weighted by Crippen LogP contribution is 2.32. The zero-order chi connectivity index (χ0) is 23.1. The molecule has 1 saturated heterocycles. The predicted molar refractivity (Wildman–Crippen MR) is 139 cm³/mol. The third kappa shape index (κ3) is 6.65. The second kappa shape index (κ2) is 11.6. The van der Waals surface area contributed by atoms with E-state index in [-0.39, 0.29) is 6.10 Å². The molecule has 0 saturated carbocycles. The second-order valence-electron chi connectivity index (χ2n) is 8.04. The summed E-state index contributed by atoms with van der Waals surface area (Å²) in [5.74, 6) is 0.787. The zero-order valence-corrected chi connectivity index (χ0v) is 20.8. The summed E-state index contributed by atoms with van der Waals surface area (Å²) in [5.41, 5.74) is 3.87. The van der Waals surface area contributed by atoms with Gasteiger partial charge in [-0.15, -0.1) is 9.24 Å². The minimum atomic E-state index is 0.269. The van der Waals surface area contributed by atoms with E-state index in [9.17, 15) is 4.79 Å². The number of aldehydes is 1. The normalized spacial score (nSPS) is 15.7. The van der Waals surface area contributed by atoms with Gasteiger partial charge in [0.2, 0.25) is 0 Å². The highest BCUT2D eigenvalue weighted by molar-refractivity contribution is 7.27. The Morgan fingerprint density at radius 1 is 1.25 bits per heavy atom. The zero-order valence-electron chi connectivity index (χ0n) is 18.9. The Balaban J connectivity index is 1.57. The summed E-state index contributed by atoms with van der Waals surface area (Å²) in [6, 6.07) is 14.5. The van der Waals surface area contributed by atoms with Gasteiger partial charge in [-0.25, -0.2) is 4.99 Å². The lowest BCUT2D eigenvalue weighted by atomic mass is 10.1. The molecule has 1 aliphatic heterocycles. The maximum atomic E-state index is 10.6. The fourth-order valence-electron chi connectivity index (χ4n) is 3.77. The third-order valence-electron chi connectivity index (χ3n) is 5.67. The molecule has 0 amide bonds. The number of carbonyl (C=O) groups is 1. The first-order chi connectivity index (χ1) is 15.4. The van der Waals surface area contributed by atoms with Gasteiger partial charge in [0.15, 0.2) is 0 Å². The smallest absolute Gasteiger partial charge is 0.144 e. The molecule has 0 bridgehead atoms. The third-order valence-corrected chi connectivity index (χ3v) is 6.33. The van der Waals surface area contributed by atoms with E-state index < -0.39 is 0 Å². The monoisotopic (exact) mass is 471 g/mol. The molecule has 1 atom stereocenters. The van der Waals surface area contributed by atoms with Crippen LogP contribution in [0.5, 0.6) is 0 Å². The van der Waals surface area contributed by atoms with Crippen LogP contribution in [0.25, 0.3) is 0 Å². The molecule has 2 aromatic carbocycles. The van der Waals surface area contributed by atoms with Crippen molar-refractivity contribution in [3.05, 3.63) is 64.8 Å². The Morgan fingerprint density at radius 2 is 2.00 bits per heavy atom. The van der Waals surface area contributed by atoms with Gasteiger partial charge in [0.1, 0.15) is 12.1 Å². The Hall–Kier alpha value is -2.20. The number of benzene rings is 2. The molecule has 32 heavy (non-hydrogen) atoms. The molecule has 0 aliphatic carbocycles. The molecule has 1 fully saturated rings. The van der Waals surface area contributed by atoms with Crippen LogP contribution in [0.4, 0.5) is 11.4 Å². The quantitative estimate of drug-likeness (QED) is 0.188. The fraction of sp³-hybridized carbons (Fsp3) is 0.360. The van der Waals surface area contributed by atoms with Crippen molar-refractivity contribution in [1.29, 1.82) is 0 Å². The van der Waals surface area contributed by atoms with Crippen molar-refractivity contribution in [2.75, 3.05) is 29.9 Å². The van der Waals surface area contributed by atoms with Crippen molar-refractivity contribution in [3.8, 4) is 0 Å². The number of hydrogen-bond donors (Lipinski definition) is 0. The van der Waals surface area contributed by atoms with E-state index >= 15 is 0 Å². The van der Waals surface area contributed by atoms with Gasteiger partial charge in [0, 0.05) is 31.5 Å². The lowest BCUT2D eigenvalue weighted by molar-refractivity contribution is -0.104. The Kier molecular flexibility index (Phi) is 8.86. The first-order valence-electron chi connectivity index (χ1n) is 10.8. The van der Waals surface area contributed by atoms with Gasteiger partial charge in [-0.2, -0.15) is 0 Å². The average molecular weight is 472 g/mol. The van der Waals surface area contributed by atoms with Gasteiger partial charge in [0.25, 0.3) is 0 Å². The van der Waals surface area contributed by atoms with E-state index in [2.05, 4.69) is 55.5 Å². The molecular formula is C25H31ClN3O2P. The number of aliphatic imine (C=N–C) groups is 1. The molecular weight excluding hydrogens is 441 g/mol. The van der Waals surface area contributed by atoms with Gasteiger partial charge >= 0.3 is 0 Å². The number of carbonyl (C=O) groups excluding carboxylic acids is 1. The maximum Gasteiger partial charge on any atom is 0.144 e. The molecule has 170 valence electrons.